The Morgan fingerprint density at radius 3 is 2.54 bits per heavy atom. The van der Waals surface area contributed by atoms with Crippen LogP contribution in [0.5, 0.6) is 0 Å². The van der Waals surface area contributed by atoms with Crippen LogP contribution in [0.25, 0.3) is 0 Å². The lowest BCUT2D eigenvalue weighted by Gasteiger charge is -2.38. The maximum Gasteiger partial charge on any atom is 0.0980 e. The van der Waals surface area contributed by atoms with Gasteiger partial charge in [0, 0.05) is 6.04 Å². The van der Waals surface area contributed by atoms with Gasteiger partial charge in [0.1, 0.15) is 0 Å². The fourth-order valence-electron chi connectivity index (χ4n) is 1.96. The maximum atomic E-state index is 9.00. The largest absolute Gasteiger partial charge is 0.285 e. The van der Waals surface area contributed by atoms with Gasteiger partial charge in [-0.15, -0.1) is 0 Å². The second-order valence-corrected chi connectivity index (χ2v) is 4.36. The van der Waals surface area contributed by atoms with E-state index >= 15 is 0 Å². The number of rotatable bonds is 2. The molecule has 2 atom stereocenters. The molecule has 0 aromatic carbocycles. The number of piperidine rings is 1. The van der Waals surface area contributed by atoms with Crippen molar-refractivity contribution in [1.29, 1.82) is 5.26 Å². The summed E-state index contributed by atoms with van der Waals surface area (Å²) < 4.78 is 0. The average Bonchev–Trinajstić information content (AvgIpc) is 2.16. The number of nitriles is 1. The summed E-state index contributed by atoms with van der Waals surface area (Å²) in [5.74, 6) is 0.647. The average molecular weight is 180 g/mol. The third kappa shape index (κ3) is 2.45. The molecule has 0 spiro atoms. The summed E-state index contributed by atoms with van der Waals surface area (Å²) in [5.41, 5.74) is 0. The molecule has 0 aromatic rings. The Hall–Kier alpha value is -0.550. The van der Waals surface area contributed by atoms with Gasteiger partial charge >= 0.3 is 0 Å². The molecular formula is C11H20N2. The van der Waals surface area contributed by atoms with Gasteiger partial charge in [0.15, 0.2) is 0 Å². The molecule has 0 aliphatic carbocycles. The van der Waals surface area contributed by atoms with E-state index in [0.717, 1.165) is 13.0 Å². The van der Waals surface area contributed by atoms with Gasteiger partial charge in [0.05, 0.1) is 12.1 Å². The highest BCUT2D eigenvalue weighted by atomic mass is 15.2. The van der Waals surface area contributed by atoms with Crippen LogP contribution in [0.1, 0.15) is 40.0 Å². The van der Waals surface area contributed by atoms with Gasteiger partial charge in [-0.3, -0.25) is 4.90 Å². The van der Waals surface area contributed by atoms with Gasteiger partial charge in [-0.2, -0.15) is 5.26 Å². The second kappa shape index (κ2) is 4.62. The third-order valence-corrected chi connectivity index (χ3v) is 3.18. The first-order valence-electron chi connectivity index (χ1n) is 5.32. The molecule has 2 heteroatoms. The van der Waals surface area contributed by atoms with E-state index in [9.17, 15) is 0 Å². The molecule has 0 bridgehead atoms. The number of hydrogen-bond donors (Lipinski definition) is 0. The van der Waals surface area contributed by atoms with Gasteiger partial charge in [0.25, 0.3) is 0 Å². The van der Waals surface area contributed by atoms with Crippen molar-refractivity contribution >= 4 is 0 Å². The van der Waals surface area contributed by atoms with Gasteiger partial charge in [-0.1, -0.05) is 13.8 Å². The number of hydrogen-bond acceptors (Lipinski definition) is 2. The SMILES string of the molecule is CC(C)C(C)N1CCCCC1C#N. The first kappa shape index (κ1) is 10.5. The summed E-state index contributed by atoms with van der Waals surface area (Å²) in [6.07, 6.45) is 3.54. The van der Waals surface area contributed by atoms with E-state index in [-0.39, 0.29) is 6.04 Å². The molecule has 1 aliphatic heterocycles. The predicted molar refractivity (Wildman–Crippen MR) is 54.3 cm³/mol. The van der Waals surface area contributed by atoms with Crippen LogP contribution in [0.15, 0.2) is 0 Å². The molecule has 13 heavy (non-hydrogen) atoms. The Morgan fingerprint density at radius 1 is 1.31 bits per heavy atom. The van der Waals surface area contributed by atoms with Gasteiger partial charge in [0.2, 0.25) is 0 Å². The van der Waals surface area contributed by atoms with E-state index in [0.29, 0.717) is 12.0 Å². The quantitative estimate of drug-likeness (QED) is 0.652. The minimum Gasteiger partial charge on any atom is -0.285 e. The molecule has 2 nitrogen and oxygen atoms in total. The first-order valence-corrected chi connectivity index (χ1v) is 5.32. The van der Waals surface area contributed by atoms with Crippen LogP contribution in [0.3, 0.4) is 0 Å². The van der Waals surface area contributed by atoms with E-state index in [1.54, 1.807) is 0 Å². The van der Waals surface area contributed by atoms with Crippen molar-refractivity contribution in [3.8, 4) is 6.07 Å². The lowest BCUT2D eigenvalue weighted by molar-refractivity contribution is 0.107. The van der Waals surface area contributed by atoms with Gasteiger partial charge in [-0.25, -0.2) is 0 Å². The van der Waals surface area contributed by atoms with Crippen LogP contribution >= 0.6 is 0 Å². The van der Waals surface area contributed by atoms with Crippen molar-refractivity contribution < 1.29 is 0 Å². The topological polar surface area (TPSA) is 27.0 Å². The summed E-state index contributed by atoms with van der Waals surface area (Å²) in [5, 5.41) is 9.00. The zero-order valence-corrected chi connectivity index (χ0v) is 8.95. The van der Waals surface area contributed by atoms with Crippen LogP contribution in [-0.2, 0) is 0 Å². The van der Waals surface area contributed by atoms with Crippen molar-refractivity contribution in [1.82, 2.24) is 4.90 Å². The van der Waals surface area contributed by atoms with Crippen molar-refractivity contribution in [2.75, 3.05) is 6.54 Å². The predicted octanol–water partition coefficient (Wildman–Crippen LogP) is 2.41. The van der Waals surface area contributed by atoms with Crippen molar-refractivity contribution in [2.24, 2.45) is 5.92 Å². The molecule has 0 N–H and O–H groups in total. The van der Waals surface area contributed by atoms with Crippen molar-refractivity contribution in [2.45, 2.75) is 52.1 Å². The molecule has 0 radical (unpaired) electrons. The minimum absolute atomic E-state index is 0.172. The Morgan fingerprint density at radius 2 is 2.00 bits per heavy atom. The Balaban J connectivity index is 2.59. The second-order valence-electron chi connectivity index (χ2n) is 4.36. The fraction of sp³-hybridized carbons (Fsp3) is 0.909. The highest BCUT2D eigenvalue weighted by Gasteiger charge is 2.27. The molecule has 1 aliphatic rings. The molecule has 74 valence electrons. The van der Waals surface area contributed by atoms with Crippen LogP contribution < -0.4 is 0 Å². The maximum absolute atomic E-state index is 9.00. The normalized spacial score (nSPS) is 27.2. The van der Waals surface area contributed by atoms with E-state index in [2.05, 4.69) is 31.7 Å². The molecule has 1 rings (SSSR count). The number of likely N-dealkylation sites (tertiary alicyclic amines) is 1. The van der Waals surface area contributed by atoms with E-state index in [1.165, 1.54) is 12.8 Å². The highest BCUT2D eigenvalue weighted by molar-refractivity contribution is 4.96. The molecule has 0 saturated carbocycles. The zero-order chi connectivity index (χ0) is 9.84. The summed E-state index contributed by atoms with van der Waals surface area (Å²) in [7, 11) is 0. The minimum atomic E-state index is 0.172. The summed E-state index contributed by atoms with van der Waals surface area (Å²) >= 11 is 0. The third-order valence-electron chi connectivity index (χ3n) is 3.18. The molecule has 1 heterocycles. The first-order chi connectivity index (χ1) is 6.16. The lowest BCUT2D eigenvalue weighted by atomic mass is 9.96. The zero-order valence-electron chi connectivity index (χ0n) is 8.95. The monoisotopic (exact) mass is 180 g/mol. The molecular weight excluding hydrogens is 160 g/mol. The summed E-state index contributed by atoms with van der Waals surface area (Å²) in [6, 6.07) is 3.13. The molecule has 0 amide bonds. The molecule has 0 aromatic heterocycles. The van der Waals surface area contributed by atoms with Crippen LogP contribution in [-0.4, -0.2) is 23.5 Å². The highest BCUT2D eigenvalue weighted by Crippen LogP contribution is 2.22. The molecule has 1 saturated heterocycles. The van der Waals surface area contributed by atoms with E-state index in [4.69, 9.17) is 5.26 Å². The van der Waals surface area contributed by atoms with E-state index < -0.39 is 0 Å². The summed E-state index contributed by atoms with van der Waals surface area (Å²) in [4.78, 5) is 2.37. The molecule has 1 fully saturated rings. The van der Waals surface area contributed by atoms with Gasteiger partial charge < -0.3 is 0 Å². The Labute approximate surface area is 81.5 Å². The van der Waals surface area contributed by atoms with Crippen LogP contribution in [0.2, 0.25) is 0 Å². The molecule has 2 unspecified atom stereocenters. The fourth-order valence-corrected chi connectivity index (χ4v) is 1.96. The van der Waals surface area contributed by atoms with Crippen LogP contribution in [0.4, 0.5) is 0 Å². The van der Waals surface area contributed by atoms with Crippen LogP contribution in [0, 0.1) is 17.2 Å². The lowest BCUT2D eigenvalue weighted by Crippen LogP contribution is -2.46. The Kier molecular flexibility index (Phi) is 3.74. The van der Waals surface area contributed by atoms with Crippen molar-refractivity contribution in [3.63, 3.8) is 0 Å². The van der Waals surface area contributed by atoms with Gasteiger partial charge in [-0.05, 0) is 38.6 Å². The number of nitrogens with zero attached hydrogens (tertiary/aromatic N) is 2. The standard InChI is InChI=1S/C11H20N2/c1-9(2)10(3)13-7-5-4-6-11(13)8-12/h9-11H,4-7H2,1-3H3. The smallest absolute Gasteiger partial charge is 0.0980 e. The van der Waals surface area contributed by atoms with E-state index in [1.807, 2.05) is 0 Å². The summed E-state index contributed by atoms with van der Waals surface area (Å²) in [6.45, 7) is 7.80. The van der Waals surface area contributed by atoms with Crippen molar-refractivity contribution in [3.05, 3.63) is 0 Å². The Bertz CT molecular complexity index is 193.